The summed E-state index contributed by atoms with van der Waals surface area (Å²) in [5.74, 6) is 0. The van der Waals surface area contributed by atoms with Gasteiger partial charge in [-0.1, -0.05) is 12.1 Å². The van der Waals surface area contributed by atoms with Gasteiger partial charge in [-0.05, 0) is 29.8 Å². The van der Waals surface area contributed by atoms with Crippen LogP contribution in [-0.4, -0.2) is 15.0 Å². The minimum absolute atomic E-state index is 0.614. The first-order chi connectivity index (χ1) is 10.9. The molecule has 3 heterocycles. The maximum Gasteiger partial charge on any atom is 0.100 e. The zero-order valence-corrected chi connectivity index (χ0v) is 11.6. The second-order valence-electron chi connectivity index (χ2n) is 4.90. The largest absolute Gasteiger partial charge is 0.265 e. The summed E-state index contributed by atoms with van der Waals surface area (Å²) in [4.78, 5) is 12.9. The van der Waals surface area contributed by atoms with Gasteiger partial charge in [0.05, 0.1) is 17.0 Å². The molecule has 0 amide bonds. The van der Waals surface area contributed by atoms with Gasteiger partial charge in [-0.2, -0.15) is 5.26 Å². The van der Waals surface area contributed by atoms with Crippen molar-refractivity contribution in [1.82, 2.24) is 15.0 Å². The van der Waals surface area contributed by atoms with Crippen molar-refractivity contribution in [2.24, 2.45) is 0 Å². The summed E-state index contributed by atoms with van der Waals surface area (Å²) >= 11 is 0. The van der Waals surface area contributed by atoms with Crippen molar-refractivity contribution in [3.8, 4) is 17.5 Å². The molecule has 0 aliphatic heterocycles. The predicted molar refractivity (Wildman–Crippen MR) is 83.2 cm³/mol. The van der Waals surface area contributed by atoms with Crippen molar-refractivity contribution in [2.45, 2.75) is 0 Å². The zero-order chi connectivity index (χ0) is 14.9. The first-order valence-electron chi connectivity index (χ1n) is 6.86. The highest BCUT2D eigenvalue weighted by atomic mass is 14.8. The maximum absolute atomic E-state index is 9.72. The molecule has 1 aliphatic carbocycles. The number of hydrogen-bond donors (Lipinski definition) is 0. The van der Waals surface area contributed by atoms with E-state index in [1.165, 1.54) is 0 Å². The third-order valence-electron chi connectivity index (χ3n) is 3.71. The second kappa shape index (κ2) is 4.90. The van der Waals surface area contributed by atoms with Crippen LogP contribution in [0.4, 0.5) is 0 Å². The SMILES string of the molecule is N#CC(=C1c2cccnc2-c2ncccc21)c1ccncc1. The molecule has 0 N–H and O–H groups in total. The van der Waals surface area contributed by atoms with Crippen LogP contribution in [0.3, 0.4) is 0 Å². The Balaban J connectivity index is 2.11. The van der Waals surface area contributed by atoms with Crippen LogP contribution in [0.15, 0.2) is 61.2 Å². The van der Waals surface area contributed by atoms with E-state index in [-0.39, 0.29) is 0 Å². The molecule has 22 heavy (non-hydrogen) atoms. The van der Waals surface area contributed by atoms with E-state index in [2.05, 4.69) is 21.0 Å². The van der Waals surface area contributed by atoms with Gasteiger partial charge >= 0.3 is 0 Å². The highest BCUT2D eigenvalue weighted by molar-refractivity contribution is 6.11. The Hall–Kier alpha value is -3.32. The maximum atomic E-state index is 9.72. The van der Waals surface area contributed by atoms with Crippen molar-refractivity contribution in [3.05, 3.63) is 77.9 Å². The number of allylic oxidation sites excluding steroid dienone is 1. The van der Waals surface area contributed by atoms with Crippen LogP contribution in [0.2, 0.25) is 0 Å². The molecule has 0 saturated heterocycles. The van der Waals surface area contributed by atoms with Crippen molar-refractivity contribution < 1.29 is 0 Å². The zero-order valence-electron chi connectivity index (χ0n) is 11.6. The lowest BCUT2D eigenvalue weighted by molar-refractivity contribution is 1.26. The molecule has 4 heteroatoms. The fourth-order valence-electron chi connectivity index (χ4n) is 2.79. The van der Waals surface area contributed by atoms with Gasteiger partial charge in [0.15, 0.2) is 0 Å². The summed E-state index contributed by atoms with van der Waals surface area (Å²) in [7, 11) is 0. The highest BCUT2D eigenvalue weighted by Gasteiger charge is 2.28. The molecule has 0 radical (unpaired) electrons. The van der Waals surface area contributed by atoms with Crippen LogP contribution in [0.25, 0.3) is 22.5 Å². The number of pyridine rings is 3. The molecule has 4 rings (SSSR count). The Morgan fingerprint density at radius 1 is 0.818 bits per heavy atom. The average Bonchev–Trinajstić information content (AvgIpc) is 2.92. The Bertz CT molecular complexity index is 889. The predicted octanol–water partition coefficient (Wildman–Crippen LogP) is 3.33. The number of rotatable bonds is 1. The highest BCUT2D eigenvalue weighted by Crippen LogP contribution is 2.44. The standard InChI is InChI=1S/C18H10N4/c19-11-15(12-5-9-20-10-6-12)16-13-3-1-7-21-17(13)18-14(16)4-2-8-22-18/h1-10H. The average molecular weight is 282 g/mol. The van der Waals surface area contributed by atoms with Crippen molar-refractivity contribution in [3.63, 3.8) is 0 Å². The van der Waals surface area contributed by atoms with Gasteiger partial charge in [0, 0.05) is 41.5 Å². The van der Waals surface area contributed by atoms with Crippen LogP contribution in [0.1, 0.15) is 16.7 Å². The summed E-state index contributed by atoms with van der Waals surface area (Å²) in [5, 5.41) is 9.72. The monoisotopic (exact) mass is 282 g/mol. The van der Waals surface area contributed by atoms with E-state index >= 15 is 0 Å². The Labute approximate surface area is 127 Å². The van der Waals surface area contributed by atoms with E-state index in [1.54, 1.807) is 24.8 Å². The topological polar surface area (TPSA) is 62.5 Å². The van der Waals surface area contributed by atoms with Crippen LogP contribution < -0.4 is 0 Å². The van der Waals surface area contributed by atoms with Crippen LogP contribution in [0, 0.1) is 11.3 Å². The van der Waals surface area contributed by atoms with E-state index in [1.807, 2.05) is 36.4 Å². The van der Waals surface area contributed by atoms with Crippen LogP contribution in [0.5, 0.6) is 0 Å². The third-order valence-corrected chi connectivity index (χ3v) is 3.71. The molecular weight excluding hydrogens is 272 g/mol. The van der Waals surface area contributed by atoms with E-state index in [0.717, 1.165) is 33.7 Å². The number of fused-ring (bicyclic) bond motifs is 3. The molecule has 3 aromatic rings. The van der Waals surface area contributed by atoms with Gasteiger partial charge in [-0.25, -0.2) is 0 Å². The molecule has 0 spiro atoms. The van der Waals surface area contributed by atoms with Gasteiger partial charge in [-0.15, -0.1) is 0 Å². The number of nitriles is 1. The van der Waals surface area contributed by atoms with Crippen LogP contribution in [-0.2, 0) is 0 Å². The molecule has 0 saturated carbocycles. The van der Waals surface area contributed by atoms with Crippen molar-refractivity contribution in [1.29, 1.82) is 5.26 Å². The number of hydrogen-bond acceptors (Lipinski definition) is 4. The molecular formula is C18H10N4. The van der Waals surface area contributed by atoms with Gasteiger partial charge < -0.3 is 0 Å². The number of nitrogens with zero attached hydrogens (tertiary/aromatic N) is 4. The molecule has 1 aliphatic rings. The Kier molecular flexibility index (Phi) is 2.77. The molecule has 0 bridgehead atoms. The Morgan fingerprint density at radius 2 is 1.41 bits per heavy atom. The fourth-order valence-corrected chi connectivity index (χ4v) is 2.79. The van der Waals surface area contributed by atoms with Gasteiger partial charge in [0.1, 0.15) is 6.07 Å². The van der Waals surface area contributed by atoms with Gasteiger partial charge in [0.25, 0.3) is 0 Å². The molecule has 4 nitrogen and oxygen atoms in total. The second-order valence-corrected chi connectivity index (χ2v) is 4.90. The van der Waals surface area contributed by atoms with Crippen LogP contribution >= 0.6 is 0 Å². The first-order valence-corrected chi connectivity index (χ1v) is 6.86. The van der Waals surface area contributed by atoms with E-state index in [4.69, 9.17) is 0 Å². The smallest absolute Gasteiger partial charge is 0.100 e. The first kappa shape index (κ1) is 12.4. The quantitative estimate of drug-likeness (QED) is 0.502. The summed E-state index contributed by atoms with van der Waals surface area (Å²) in [6.45, 7) is 0. The van der Waals surface area contributed by atoms with E-state index < -0.39 is 0 Å². The summed E-state index contributed by atoms with van der Waals surface area (Å²) in [5.41, 5.74) is 5.90. The number of aromatic nitrogens is 3. The van der Waals surface area contributed by atoms with Crippen molar-refractivity contribution in [2.75, 3.05) is 0 Å². The molecule has 0 atom stereocenters. The normalized spacial score (nSPS) is 11.5. The molecule has 0 aromatic carbocycles. The van der Waals surface area contributed by atoms with Gasteiger partial charge in [-0.3, -0.25) is 15.0 Å². The minimum atomic E-state index is 0.614. The molecule has 102 valence electrons. The molecule has 0 fully saturated rings. The molecule has 3 aromatic heterocycles. The third kappa shape index (κ3) is 1.73. The molecule has 0 unspecified atom stereocenters. The van der Waals surface area contributed by atoms with Gasteiger partial charge in [0.2, 0.25) is 0 Å². The van der Waals surface area contributed by atoms with E-state index in [9.17, 15) is 5.26 Å². The Morgan fingerprint density at radius 3 is 1.95 bits per heavy atom. The lowest BCUT2D eigenvalue weighted by Crippen LogP contribution is -1.90. The fraction of sp³-hybridized carbons (Fsp3) is 0. The lowest BCUT2D eigenvalue weighted by atomic mass is 9.95. The summed E-state index contributed by atoms with van der Waals surface area (Å²) in [6.07, 6.45) is 6.88. The van der Waals surface area contributed by atoms with Crippen molar-refractivity contribution >= 4 is 11.1 Å². The van der Waals surface area contributed by atoms with E-state index in [0.29, 0.717) is 5.57 Å². The minimum Gasteiger partial charge on any atom is -0.265 e. The summed E-state index contributed by atoms with van der Waals surface area (Å²) in [6, 6.07) is 13.8. The summed E-state index contributed by atoms with van der Waals surface area (Å²) < 4.78 is 0. The lowest BCUT2D eigenvalue weighted by Gasteiger charge is -2.06.